The van der Waals surface area contributed by atoms with Gasteiger partial charge in [-0.15, -0.1) is 0 Å². The molecule has 4 saturated heterocycles. The van der Waals surface area contributed by atoms with Crippen LogP contribution in [0.3, 0.4) is 0 Å². The quantitative estimate of drug-likeness (QED) is 0.198. The van der Waals surface area contributed by atoms with E-state index in [4.69, 9.17) is 23.7 Å². The molecule has 8 rings (SSSR count). The molecule has 2 amide bonds. The largest absolute Gasteiger partial charge is 0.487 e. The zero-order chi connectivity index (χ0) is 46.1. The number of carbonyl (C=O) groups excluding carboxylic acids is 2. The highest BCUT2D eigenvalue weighted by Gasteiger charge is 2.44. The van der Waals surface area contributed by atoms with Gasteiger partial charge in [-0.05, 0) is 132 Å². The smallest absolute Gasteiger partial charge is 0.410 e. The molecule has 4 fully saturated rings. The van der Waals surface area contributed by atoms with Crippen molar-refractivity contribution in [3.8, 4) is 5.75 Å². The SMILES string of the molecule is CC(C)(C)OC(=O)N1CC(C(C)(C)O)C1.CC(C)(C)OC(=O)N1CC(C(C)(C)Oc2cc(Br)cc3c2cnn3C2CCCCO2)C1.Fc1cc(Br)cc2c1cnn2C1CCCCO1. The Morgan fingerprint density at radius 3 is 1.57 bits per heavy atom. The summed E-state index contributed by atoms with van der Waals surface area (Å²) in [6.07, 6.45) is 9.14. The molecule has 2 unspecified atom stereocenters. The number of amides is 2. The Morgan fingerprint density at radius 2 is 1.13 bits per heavy atom. The first kappa shape index (κ1) is 48.9. The van der Waals surface area contributed by atoms with Crippen LogP contribution in [0.25, 0.3) is 21.8 Å². The highest BCUT2D eigenvalue weighted by Crippen LogP contribution is 2.39. The summed E-state index contributed by atoms with van der Waals surface area (Å²) in [6, 6.07) is 7.38. The number of aliphatic hydroxyl groups is 1. The summed E-state index contributed by atoms with van der Waals surface area (Å²) in [5.74, 6) is 0.902. The van der Waals surface area contributed by atoms with Crippen molar-refractivity contribution in [3.63, 3.8) is 0 Å². The second-order valence-electron chi connectivity index (χ2n) is 20.0. The normalized spacial score (nSPS) is 20.2. The van der Waals surface area contributed by atoms with E-state index in [1.165, 1.54) is 6.07 Å². The third kappa shape index (κ3) is 12.6. The van der Waals surface area contributed by atoms with E-state index in [9.17, 15) is 19.1 Å². The molecule has 4 aromatic rings. The van der Waals surface area contributed by atoms with E-state index in [2.05, 4.69) is 62.0 Å². The fourth-order valence-corrected chi connectivity index (χ4v) is 8.53. The predicted molar refractivity (Wildman–Crippen MR) is 246 cm³/mol. The number of benzene rings is 2. The van der Waals surface area contributed by atoms with Gasteiger partial charge in [-0.2, -0.15) is 10.2 Å². The van der Waals surface area contributed by atoms with Gasteiger partial charge in [0.15, 0.2) is 12.5 Å². The first-order valence-electron chi connectivity index (χ1n) is 22.0. The summed E-state index contributed by atoms with van der Waals surface area (Å²) in [6.45, 7) is 22.8. The molecule has 348 valence electrons. The van der Waals surface area contributed by atoms with Crippen LogP contribution in [0.2, 0.25) is 0 Å². The molecule has 0 saturated carbocycles. The number of halogens is 3. The molecule has 1 N–H and O–H groups in total. The molecule has 4 aliphatic rings. The molecule has 2 aromatic carbocycles. The minimum atomic E-state index is -0.710. The Labute approximate surface area is 387 Å². The van der Waals surface area contributed by atoms with Crippen LogP contribution in [0.15, 0.2) is 45.6 Å². The lowest BCUT2D eigenvalue weighted by atomic mass is 9.84. The topological polar surface area (TPSA) is 143 Å². The Bertz CT molecular complexity index is 2200. The minimum Gasteiger partial charge on any atom is -0.487 e. The summed E-state index contributed by atoms with van der Waals surface area (Å²) in [5.41, 5.74) is -0.316. The van der Waals surface area contributed by atoms with Gasteiger partial charge >= 0.3 is 12.2 Å². The van der Waals surface area contributed by atoms with Gasteiger partial charge in [0.25, 0.3) is 0 Å². The summed E-state index contributed by atoms with van der Waals surface area (Å²) in [5, 5.41) is 20.1. The summed E-state index contributed by atoms with van der Waals surface area (Å²) < 4.78 is 47.9. The Kier molecular flexibility index (Phi) is 15.2. The van der Waals surface area contributed by atoms with Crippen molar-refractivity contribution in [1.29, 1.82) is 0 Å². The molecule has 63 heavy (non-hydrogen) atoms. The number of carbonyl (C=O) groups is 2. The lowest BCUT2D eigenvalue weighted by Crippen LogP contribution is -2.60. The van der Waals surface area contributed by atoms with Gasteiger partial charge in [0.2, 0.25) is 0 Å². The number of hydrogen-bond donors (Lipinski definition) is 1. The van der Waals surface area contributed by atoms with Crippen LogP contribution in [-0.2, 0) is 18.9 Å². The molecule has 17 heteroatoms. The van der Waals surface area contributed by atoms with Gasteiger partial charge in [-0.25, -0.2) is 23.3 Å². The molecule has 0 aliphatic carbocycles. The van der Waals surface area contributed by atoms with Gasteiger partial charge in [-0.3, -0.25) is 0 Å². The minimum absolute atomic E-state index is 0.0320. The van der Waals surface area contributed by atoms with Crippen molar-refractivity contribution in [2.75, 3.05) is 39.4 Å². The van der Waals surface area contributed by atoms with E-state index in [-0.39, 0.29) is 42.3 Å². The average Bonchev–Trinajstić information content (AvgIpc) is 3.74. The van der Waals surface area contributed by atoms with E-state index in [1.807, 2.05) is 64.6 Å². The highest BCUT2D eigenvalue weighted by atomic mass is 79.9. The monoisotopic (exact) mass is 1010 g/mol. The van der Waals surface area contributed by atoms with E-state index >= 15 is 0 Å². The Balaban J connectivity index is 0.000000174. The van der Waals surface area contributed by atoms with Crippen LogP contribution in [0.5, 0.6) is 5.75 Å². The molecular weight excluding hydrogens is 943 g/mol. The van der Waals surface area contributed by atoms with Crippen molar-refractivity contribution < 1.29 is 42.8 Å². The van der Waals surface area contributed by atoms with E-state index < -0.39 is 22.4 Å². The number of hydrogen-bond acceptors (Lipinski definition) is 10. The highest BCUT2D eigenvalue weighted by molar-refractivity contribution is 9.10. The second-order valence-corrected chi connectivity index (χ2v) is 21.8. The van der Waals surface area contributed by atoms with Crippen molar-refractivity contribution in [1.82, 2.24) is 29.4 Å². The molecule has 2 atom stereocenters. The van der Waals surface area contributed by atoms with Gasteiger partial charge < -0.3 is 38.6 Å². The van der Waals surface area contributed by atoms with E-state index in [0.717, 1.165) is 82.9 Å². The number of fused-ring (bicyclic) bond motifs is 2. The summed E-state index contributed by atoms with van der Waals surface area (Å²) in [4.78, 5) is 27.2. The van der Waals surface area contributed by atoms with Crippen molar-refractivity contribution >= 4 is 65.9 Å². The molecule has 6 heterocycles. The second kappa shape index (κ2) is 19.5. The molecule has 0 radical (unpaired) electrons. The van der Waals surface area contributed by atoms with Gasteiger partial charge in [0.05, 0.1) is 39.8 Å². The number of rotatable bonds is 6. The molecule has 14 nitrogen and oxygen atoms in total. The van der Waals surface area contributed by atoms with Crippen molar-refractivity contribution in [3.05, 3.63) is 51.4 Å². The third-order valence-corrected chi connectivity index (χ3v) is 12.5. The maximum absolute atomic E-state index is 13.7. The maximum atomic E-state index is 13.7. The Morgan fingerprint density at radius 1 is 0.683 bits per heavy atom. The summed E-state index contributed by atoms with van der Waals surface area (Å²) in [7, 11) is 0. The van der Waals surface area contributed by atoms with Crippen LogP contribution < -0.4 is 4.74 Å². The van der Waals surface area contributed by atoms with Gasteiger partial charge in [0.1, 0.15) is 28.4 Å². The molecule has 0 bridgehead atoms. The van der Waals surface area contributed by atoms with Crippen LogP contribution >= 0.6 is 31.9 Å². The number of ether oxygens (including phenoxy) is 5. The molecular formula is C46H65Br2FN6O8. The zero-order valence-corrected chi connectivity index (χ0v) is 41.6. The van der Waals surface area contributed by atoms with Gasteiger partial charge in [-0.1, -0.05) is 31.9 Å². The third-order valence-electron chi connectivity index (χ3n) is 11.6. The van der Waals surface area contributed by atoms with Crippen LogP contribution in [0.1, 0.15) is 120 Å². The first-order valence-corrected chi connectivity index (χ1v) is 23.6. The van der Waals surface area contributed by atoms with Crippen molar-refractivity contribution in [2.24, 2.45) is 11.8 Å². The number of likely N-dealkylation sites (tertiary alicyclic amines) is 2. The number of aromatic nitrogens is 4. The van der Waals surface area contributed by atoms with Crippen LogP contribution in [0.4, 0.5) is 14.0 Å². The molecule has 4 aliphatic heterocycles. The van der Waals surface area contributed by atoms with Crippen LogP contribution in [-0.4, -0.2) is 108 Å². The molecule has 2 aromatic heterocycles. The van der Waals surface area contributed by atoms with Crippen LogP contribution in [0, 0.1) is 17.7 Å². The lowest BCUT2D eigenvalue weighted by Gasteiger charge is -2.47. The predicted octanol–water partition coefficient (Wildman–Crippen LogP) is 10.8. The van der Waals surface area contributed by atoms with E-state index in [0.29, 0.717) is 31.6 Å². The fraction of sp³-hybridized carbons (Fsp3) is 0.652. The van der Waals surface area contributed by atoms with Crippen molar-refractivity contribution in [2.45, 2.75) is 143 Å². The molecule has 0 spiro atoms. The lowest BCUT2D eigenvalue weighted by molar-refractivity contribution is -0.0672. The number of nitrogens with zero attached hydrogens (tertiary/aromatic N) is 6. The standard InChI is InChI=1S/C23H32BrN3O4.C12H12BrFN2O.C11H21NO3/c1-22(2,3)31-21(28)26-13-15(14-26)23(4,5)30-19-11-16(24)10-18-17(19)12-25-27(18)20-8-6-7-9-29-20;13-8-5-10(14)9-7-15-16(11(9)6-8)12-3-1-2-4-17-12;1-10(2,3)15-9(13)12-6-8(7-12)11(4,5)14/h10-12,15,20H,6-9,13-14H2,1-5H3;5-7,12H,1-4H2;8,14H,6-7H2,1-5H3. The van der Waals surface area contributed by atoms with Gasteiger partial charge in [0, 0.05) is 60.2 Å². The first-order chi connectivity index (χ1) is 29.4. The zero-order valence-electron chi connectivity index (χ0n) is 38.4. The maximum Gasteiger partial charge on any atom is 0.410 e. The average molecular weight is 1010 g/mol. The summed E-state index contributed by atoms with van der Waals surface area (Å²) >= 11 is 6.93. The Hall–Kier alpha value is -3.51. The van der Waals surface area contributed by atoms with E-state index in [1.54, 1.807) is 34.5 Å². The fourth-order valence-electron chi connectivity index (χ4n) is 7.69.